The molecule has 2 heterocycles. The van der Waals surface area contributed by atoms with E-state index >= 15 is 0 Å². The number of nitrogens with zero attached hydrogens (tertiary/aromatic N) is 5. The summed E-state index contributed by atoms with van der Waals surface area (Å²) in [5, 5.41) is 12.9. The molecule has 3 rings (SSSR count). The molecule has 24 heavy (non-hydrogen) atoms. The standard InChI is InChI=1S/C16H20N6OS/c1-10(2)8-14-18-13(21-23-14)9-24-16-20-19-15(22(16)17)12-6-4-11(3)5-7-12/h4-7,10H,8-9,17H2,1-3H3. The van der Waals surface area contributed by atoms with Gasteiger partial charge in [-0.2, -0.15) is 4.98 Å². The zero-order valence-electron chi connectivity index (χ0n) is 13.9. The predicted molar refractivity (Wildman–Crippen MR) is 92.7 cm³/mol. The summed E-state index contributed by atoms with van der Waals surface area (Å²) in [6.45, 7) is 6.26. The van der Waals surface area contributed by atoms with Crippen molar-refractivity contribution >= 4 is 11.8 Å². The Morgan fingerprint density at radius 1 is 1.21 bits per heavy atom. The van der Waals surface area contributed by atoms with Crippen molar-refractivity contribution in [2.45, 2.75) is 38.1 Å². The highest BCUT2D eigenvalue weighted by molar-refractivity contribution is 7.98. The Labute approximate surface area is 144 Å². The van der Waals surface area contributed by atoms with Gasteiger partial charge < -0.3 is 10.4 Å². The van der Waals surface area contributed by atoms with E-state index in [1.807, 2.05) is 31.2 Å². The summed E-state index contributed by atoms with van der Waals surface area (Å²) in [4.78, 5) is 4.37. The van der Waals surface area contributed by atoms with Crippen molar-refractivity contribution in [1.29, 1.82) is 0 Å². The highest BCUT2D eigenvalue weighted by Gasteiger charge is 2.14. The van der Waals surface area contributed by atoms with Gasteiger partial charge in [0.1, 0.15) is 0 Å². The second-order valence-corrected chi connectivity index (χ2v) is 6.98. The maximum Gasteiger partial charge on any atom is 0.226 e. The van der Waals surface area contributed by atoms with Crippen molar-refractivity contribution in [1.82, 2.24) is 25.0 Å². The van der Waals surface area contributed by atoms with Gasteiger partial charge in [-0.15, -0.1) is 10.2 Å². The molecule has 0 aliphatic heterocycles. The molecule has 0 spiro atoms. The van der Waals surface area contributed by atoms with Crippen LogP contribution in [-0.2, 0) is 12.2 Å². The molecule has 0 radical (unpaired) electrons. The SMILES string of the molecule is Cc1ccc(-c2nnc(SCc3noc(CC(C)C)n3)n2N)cc1. The van der Waals surface area contributed by atoms with E-state index in [0.29, 0.717) is 34.4 Å². The Morgan fingerprint density at radius 3 is 2.67 bits per heavy atom. The molecule has 8 heteroatoms. The van der Waals surface area contributed by atoms with Crippen LogP contribution in [0, 0.1) is 12.8 Å². The molecule has 3 aromatic rings. The number of thioether (sulfide) groups is 1. The largest absolute Gasteiger partial charge is 0.339 e. The zero-order valence-corrected chi connectivity index (χ0v) is 14.7. The molecular formula is C16H20N6OS. The van der Waals surface area contributed by atoms with E-state index < -0.39 is 0 Å². The third kappa shape index (κ3) is 3.76. The molecule has 0 aliphatic rings. The highest BCUT2D eigenvalue weighted by atomic mass is 32.2. The number of aryl methyl sites for hydroxylation is 1. The Kier molecular flexibility index (Phi) is 4.84. The number of nitrogen functional groups attached to an aromatic ring is 1. The van der Waals surface area contributed by atoms with Crippen LogP contribution >= 0.6 is 11.8 Å². The minimum absolute atomic E-state index is 0.482. The van der Waals surface area contributed by atoms with Crippen LogP contribution in [0.5, 0.6) is 0 Å². The van der Waals surface area contributed by atoms with Gasteiger partial charge in [0.05, 0.1) is 5.75 Å². The summed E-state index contributed by atoms with van der Waals surface area (Å²) in [5.74, 6) is 9.06. The van der Waals surface area contributed by atoms with Crippen molar-refractivity contribution in [2.75, 3.05) is 5.84 Å². The number of hydrogen-bond acceptors (Lipinski definition) is 7. The van der Waals surface area contributed by atoms with Crippen LogP contribution < -0.4 is 5.84 Å². The molecule has 0 bridgehead atoms. The molecule has 0 atom stereocenters. The predicted octanol–water partition coefficient (Wildman–Crippen LogP) is 2.84. The van der Waals surface area contributed by atoms with Crippen LogP contribution in [0.4, 0.5) is 0 Å². The third-order valence-corrected chi connectivity index (χ3v) is 4.34. The van der Waals surface area contributed by atoms with Crippen molar-refractivity contribution in [2.24, 2.45) is 5.92 Å². The first-order chi connectivity index (χ1) is 11.5. The second-order valence-electron chi connectivity index (χ2n) is 6.03. The summed E-state index contributed by atoms with van der Waals surface area (Å²) < 4.78 is 6.72. The molecule has 0 fully saturated rings. The lowest BCUT2D eigenvalue weighted by Crippen LogP contribution is -2.11. The quantitative estimate of drug-likeness (QED) is 0.542. The number of rotatable bonds is 6. The van der Waals surface area contributed by atoms with Crippen molar-refractivity contribution in [3.05, 3.63) is 41.5 Å². The van der Waals surface area contributed by atoms with E-state index in [1.165, 1.54) is 22.0 Å². The van der Waals surface area contributed by atoms with E-state index in [0.717, 1.165) is 12.0 Å². The number of nitrogens with two attached hydrogens (primary N) is 1. The average Bonchev–Trinajstić information content (AvgIpc) is 3.12. The molecule has 0 amide bonds. The van der Waals surface area contributed by atoms with Gasteiger partial charge in [-0.25, -0.2) is 4.68 Å². The van der Waals surface area contributed by atoms with Gasteiger partial charge in [0.2, 0.25) is 11.0 Å². The summed E-state index contributed by atoms with van der Waals surface area (Å²) in [6.07, 6.45) is 0.780. The molecule has 2 aromatic heterocycles. The molecule has 2 N–H and O–H groups in total. The fourth-order valence-electron chi connectivity index (χ4n) is 2.18. The Morgan fingerprint density at radius 2 is 1.96 bits per heavy atom. The lowest BCUT2D eigenvalue weighted by molar-refractivity contribution is 0.360. The monoisotopic (exact) mass is 344 g/mol. The van der Waals surface area contributed by atoms with Crippen LogP contribution in [0.1, 0.15) is 31.1 Å². The van der Waals surface area contributed by atoms with E-state index in [9.17, 15) is 0 Å². The molecule has 0 aliphatic carbocycles. The molecule has 1 aromatic carbocycles. The molecule has 126 valence electrons. The van der Waals surface area contributed by atoms with E-state index in [2.05, 4.69) is 34.2 Å². The van der Waals surface area contributed by atoms with Crippen molar-refractivity contribution < 1.29 is 4.52 Å². The van der Waals surface area contributed by atoms with Gasteiger partial charge in [0, 0.05) is 12.0 Å². The minimum Gasteiger partial charge on any atom is -0.339 e. The normalized spacial score (nSPS) is 11.3. The maximum absolute atomic E-state index is 6.12. The van der Waals surface area contributed by atoms with Crippen LogP contribution in [0.25, 0.3) is 11.4 Å². The summed E-state index contributed by atoms with van der Waals surface area (Å²) in [7, 11) is 0. The van der Waals surface area contributed by atoms with Crippen LogP contribution in [0.2, 0.25) is 0 Å². The topological polar surface area (TPSA) is 95.6 Å². The first kappa shape index (κ1) is 16.5. The molecule has 7 nitrogen and oxygen atoms in total. The third-order valence-electron chi connectivity index (χ3n) is 3.40. The van der Waals surface area contributed by atoms with Crippen LogP contribution in [-0.4, -0.2) is 25.0 Å². The number of benzene rings is 1. The van der Waals surface area contributed by atoms with Crippen LogP contribution in [0.15, 0.2) is 33.9 Å². The van der Waals surface area contributed by atoms with Gasteiger partial charge in [0.25, 0.3) is 0 Å². The van der Waals surface area contributed by atoms with Crippen LogP contribution in [0.3, 0.4) is 0 Å². The average molecular weight is 344 g/mol. The number of aromatic nitrogens is 5. The zero-order chi connectivity index (χ0) is 17.1. The van der Waals surface area contributed by atoms with Crippen molar-refractivity contribution in [3.8, 4) is 11.4 Å². The Hall–Kier alpha value is -2.35. The smallest absolute Gasteiger partial charge is 0.226 e. The van der Waals surface area contributed by atoms with E-state index in [4.69, 9.17) is 10.4 Å². The fraction of sp³-hybridized carbons (Fsp3) is 0.375. The van der Waals surface area contributed by atoms with E-state index in [1.54, 1.807) is 0 Å². The summed E-state index contributed by atoms with van der Waals surface area (Å²) >= 11 is 1.43. The first-order valence-corrected chi connectivity index (χ1v) is 8.73. The van der Waals surface area contributed by atoms with E-state index in [-0.39, 0.29) is 0 Å². The van der Waals surface area contributed by atoms with Gasteiger partial charge in [0.15, 0.2) is 11.6 Å². The van der Waals surface area contributed by atoms with Gasteiger partial charge in [-0.1, -0.05) is 60.6 Å². The lowest BCUT2D eigenvalue weighted by Gasteiger charge is -2.03. The summed E-state index contributed by atoms with van der Waals surface area (Å²) in [5.41, 5.74) is 2.12. The molecule has 0 unspecified atom stereocenters. The van der Waals surface area contributed by atoms with Gasteiger partial charge in [-0.05, 0) is 12.8 Å². The van der Waals surface area contributed by atoms with Gasteiger partial charge in [-0.3, -0.25) is 0 Å². The van der Waals surface area contributed by atoms with Crippen molar-refractivity contribution in [3.63, 3.8) is 0 Å². The van der Waals surface area contributed by atoms with Gasteiger partial charge >= 0.3 is 0 Å². The Balaban J connectivity index is 1.68. The lowest BCUT2D eigenvalue weighted by atomic mass is 10.1. The maximum atomic E-state index is 6.12. The fourth-order valence-corrected chi connectivity index (χ4v) is 2.88. The minimum atomic E-state index is 0.482. The molecule has 0 saturated carbocycles. The Bertz CT molecular complexity index is 808. The number of hydrogen-bond donors (Lipinski definition) is 1. The second kappa shape index (κ2) is 7.04. The highest BCUT2D eigenvalue weighted by Crippen LogP contribution is 2.24. The first-order valence-electron chi connectivity index (χ1n) is 7.74. The molecule has 0 saturated heterocycles. The summed E-state index contributed by atoms with van der Waals surface area (Å²) in [6, 6.07) is 8.00. The molecular weight excluding hydrogens is 324 g/mol.